The van der Waals surface area contributed by atoms with E-state index in [1.165, 1.54) is 60.8 Å². The minimum atomic E-state index is 0.780. The van der Waals surface area contributed by atoms with Crippen LogP contribution in [-0.4, -0.2) is 24.0 Å². The van der Waals surface area contributed by atoms with Crippen molar-refractivity contribution in [3.63, 3.8) is 0 Å². The van der Waals surface area contributed by atoms with Gasteiger partial charge >= 0.3 is 0 Å². The van der Waals surface area contributed by atoms with Gasteiger partial charge in [-0.1, -0.05) is 35.0 Å². The predicted octanol–water partition coefficient (Wildman–Crippen LogP) is 4.32. The second-order valence-corrected chi connectivity index (χ2v) is 7.61. The predicted molar refractivity (Wildman–Crippen MR) is 92.3 cm³/mol. The minimum absolute atomic E-state index is 0.780. The zero-order valence-corrected chi connectivity index (χ0v) is 14.7. The highest BCUT2D eigenvalue weighted by molar-refractivity contribution is 9.10. The summed E-state index contributed by atoms with van der Waals surface area (Å²) in [6.07, 6.45) is 6.83. The monoisotopic (exact) mass is 350 g/mol. The number of rotatable bonds is 9. The van der Waals surface area contributed by atoms with Gasteiger partial charge in [-0.15, -0.1) is 0 Å². The van der Waals surface area contributed by atoms with E-state index in [4.69, 9.17) is 0 Å². The Morgan fingerprint density at radius 1 is 1.24 bits per heavy atom. The molecule has 2 saturated carbocycles. The van der Waals surface area contributed by atoms with E-state index in [1.807, 2.05) is 0 Å². The number of hydrogen-bond donors (Lipinski definition) is 1. The van der Waals surface area contributed by atoms with Crippen LogP contribution in [0, 0.1) is 5.92 Å². The molecule has 2 nitrogen and oxygen atoms in total. The zero-order valence-electron chi connectivity index (χ0n) is 13.1. The smallest absolute Gasteiger partial charge is 0.0245 e. The Morgan fingerprint density at radius 2 is 2.05 bits per heavy atom. The maximum absolute atomic E-state index is 3.78. The van der Waals surface area contributed by atoms with Crippen molar-refractivity contribution in [1.82, 2.24) is 10.2 Å². The fraction of sp³-hybridized carbons (Fsp3) is 0.667. The Morgan fingerprint density at radius 3 is 2.67 bits per heavy atom. The van der Waals surface area contributed by atoms with Crippen molar-refractivity contribution in [3.05, 3.63) is 33.8 Å². The van der Waals surface area contributed by atoms with E-state index in [1.54, 1.807) is 0 Å². The van der Waals surface area contributed by atoms with Gasteiger partial charge in [-0.2, -0.15) is 0 Å². The van der Waals surface area contributed by atoms with Crippen molar-refractivity contribution in [2.45, 2.75) is 58.2 Å². The molecular weight excluding hydrogens is 324 g/mol. The van der Waals surface area contributed by atoms with Crippen molar-refractivity contribution < 1.29 is 0 Å². The summed E-state index contributed by atoms with van der Waals surface area (Å²) in [6, 6.07) is 7.67. The summed E-state index contributed by atoms with van der Waals surface area (Å²) in [7, 11) is 0. The average molecular weight is 351 g/mol. The van der Waals surface area contributed by atoms with Gasteiger partial charge in [0.1, 0.15) is 0 Å². The fourth-order valence-corrected chi connectivity index (χ4v) is 3.39. The fourth-order valence-electron chi connectivity index (χ4n) is 2.84. The number of nitrogens with one attached hydrogen (secondary N) is 1. The second kappa shape index (κ2) is 7.26. The van der Waals surface area contributed by atoms with Crippen molar-refractivity contribution in [3.8, 4) is 0 Å². The summed E-state index contributed by atoms with van der Waals surface area (Å²) in [5.74, 6) is 0.970. The molecular formula is C18H27BrN2. The molecule has 2 fully saturated rings. The third kappa shape index (κ3) is 5.08. The summed E-state index contributed by atoms with van der Waals surface area (Å²) in [5, 5.41) is 3.58. The maximum atomic E-state index is 3.78. The third-order valence-electron chi connectivity index (χ3n) is 4.44. The van der Waals surface area contributed by atoms with Crippen LogP contribution in [-0.2, 0) is 13.1 Å². The molecule has 0 radical (unpaired) electrons. The minimum Gasteiger partial charge on any atom is -0.310 e. The molecule has 1 N–H and O–H groups in total. The molecule has 0 spiro atoms. The lowest BCUT2D eigenvalue weighted by atomic mass is 10.1. The Labute approximate surface area is 137 Å². The highest BCUT2D eigenvalue weighted by Gasteiger charge is 2.24. The van der Waals surface area contributed by atoms with Gasteiger partial charge < -0.3 is 5.32 Å². The molecule has 21 heavy (non-hydrogen) atoms. The molecule has 0 unspecified atom stereocenters. The molecule has 2 aliphatic carbocycles. The van der Waals surface area contributed by atoms with E-state index in [-0.39, 0.29) is 0 Å². The van der Waals surface area contributed by atoms with Crippen molar-refractivity contribution in [1.29, 1.82) is 0 Å². The SMILES string of the molecule is CCCN(Cc1ccc(CNC2CC2)cc1Br)CC1CC1. The summed E-state index contributed by atoms with van der Waals surface area (Å²) in [6.45, 7) is 6.87. The molecule has 0 aliphatic heterocycles. The molecule has 1 aromatic rings. The van der Waals surface area contributed by atoms with Gasteiger partial charge in [-0.05, 0) is 61.8 Å². The molecule has 0 saturated heterocycles. The van der Waals surface area contributed by atoms with E-state index in [2.05, 4.69) is 51.3 Å². The maximum Gasteiger partial charge on any atom is 0.0245 e. The Kier molecular flexibility index (Phi) is 5.36. The highest BCUT2D eigenvalue weighted by atomic mass is 79.9. The van der Waals surface area contributed by atoms with Gasteiger partial charge in [0, 0.05) is 30.1 Å². The lowest BCUT2D eigenvalue weighted by Gasteiger charge is -2.22. The lowest BCUT2D eigenvalue weighted by molar-refractivity contribution is 0.254. The van der Waals surface area contributed by atoms with Gasteiger partial charge in [0.05, 0.1) is 0 Å². The summed E-state index contributed by atoms with van der Waals surface area (Å²) < 4.78 is 1.27. The molecule has 2 aliphatic rings. The number of hydrogen-bond acceptors (Lipinski definition) is 2. The lowest BCUT2D eigenvalue weighted by Crippen LogP contribution is -2.26. The van der Waals surface area contributed by atoms with E-state index in [0.717, 1.165) is 25.0 Å². The number of benzene rings is 1. The van der Waals surface area contributed by atoms with Gasteiger partial charge in [-0.3, -0.25) is 4.90 Å². The molecule has 0 heterocycles. The molecule has 3 heteroatoms. The van der Waals surface area contributed by atoms with Gasteiger partial charge in [-0.25, -0.2) is 0 Å². The van der Waals surface area contributed by atoms with Crippen LogP contribution in [0.25, 0.3) is 0 Å². The molecule has 0 bridgehead atoms. The molecule has 1 aromatic carbocycles. The van der Waals surface area contributed by atoms with E-state index in [0.29, 0.717) is 0 Å². The van der Waals surface area contributed by atoms with Crippen LogP contribution in [0.15, 0.2) is 22.7 Å². The first-order valence-corrected chi connectivity index (χ1v) is 9.27. The summed E-state index contributed by atoms with van der Waals surface area (Å²) >= 11 is 3.78. The first kappa shape index (κ1) is 15.5. The van der Waals surface area contributed by atoms with Gasteiger partial charge in [0.2, 0.25) is 0 Å². The normalized spacial score (nSPS) is 18.4. The molecule has 0 aromatic heterocycles. The van der Waals surface area contributed by atoms with Crippen LogP contribution in [0.3, 0.4) is 0 Å². The Hall–Kier alpha value is -0.380. The quantitative estimate of drug-likeness (QED) is 0.713. The molecule has 116 valence electrons. The molecule has 3 rings (SSSR count). The number of nitrogens with zero attached hydrogens (tertiary/aromatic N) is 1. The van der Waals surface area contributed by atoms with Crippen molar-refractivity contribution in [2.24, 2.45) is 5.92 Å². The summed E-state index contributed by atoms with van der Waals surface area (Å²) in [4.78, 5) is 2.62. The van der Waals surface area contributed by atoms with E-state index >= 15 is 0 Å². The molecule has 0 atom stereocenters. The van der Waals surface area contributed by atoms with Crippen LogP contribution in [0.5, 0.6) is 0 Å². The average Bonchev–Trinajstić information content (AvgIpc) is 3.34. The number of halogens is 1. The van der Waals surface area contributed by atoms with E-state index < -0.39 is 0 Å². The first-order valence-electron chi connectivity index (χ1n) is 8.47. The van der Waals surface area contributed by atoms with Crippen molar-refractivity contribution >= 4 is 15.9 Å². The third-order valence-corrected chi connectivity index (χ3v) is 5.18. The highest BCUT2D eigenvalue weighted by Crippen LogP contribution is 2.31. The second-order valence-electron chi connectivity index (χ2n) is 6.76. The largest absolute Gasteiger partial charge is 0.310 e. The van der Waals surface area contributed by atoms with Gasteiger partial charge in [0.15, 0.2) is 0 Å². The Balaban J connectivity index is 1.57. The van der Waals surface area contributed by atoms with Crippen LogP contribution >= 0.6 is 15.9 Å². The summed E-state index contributed by atoms with van der Waals surface area (Å²) in [5.41, 5.74) is 2.82. The van der Waals surface area contributed by atoms with Crippen LogP contribution in [0.4, 0.5) is 0 Å². The van der Waals surface area contributed by atoms with E-state index in [9.17, 15) is 0 Å². The molecule has 0 amide bonds. The first-order chi connectivity index (χ1) is 10.2. The van der Waals surface area contributed by atoms with Crippen LogP contribution in [0.1, 0.15) is 50.2 Å². The topological polar surface area (TPSA) is 15.3 Å². The standard InChI is InChI=1S/C18H27BrN2/c1-2-9-21(12-14-3-4-14)13-16-6-5-15(10-18(16)19)11-20-17-7-8-17/h5-6,10,14,17,20H,2-4,7-9,11-13H2,1H3. The van der Waals surface area contributed by atoms with Crippen LogP contribution < -0.4 is 5.32 Å². The van der Waals surface area contributed by atoms with Gasteiger partial charge in [0.25, 0.3) is 0 Å². The van der Waals surface area contributed by atoms with Crippen LogP contribution in [0.2, 0.25) is 0 Å². The zero-order chi connectivity index (χ0) is 14.7. The van der Waals surface area contributed by atoms with Crippen molar-refractivity contribution in [2.75, 3.05) is 13.1 Å². The Bertz CT molecular complexity index is 466.